The molecular formula is C18H24ClIN4O2S. The minimum Gasteiger partial charge on any atom is -0.352 e. The average Bonchev–Trinajstić information content (AvgIpc) is 2.62. The summed E-state index contributed by atoms with van der Waals surface area (Å²) in [4.78, 5) is 6.49. The topological polar surface area (TPSA) is 73.8 Å². The number of halogens is 2. The number of rotatable bonds is 6. The van der Waals surface area contributed by atoms with Gasteiger partial charge < -0.3 is 10.2 Å². The maximum Gasteiger partial charge on any atom is 0.240 e. The molecule has 2 aromatic carbocycles. The van der Waals surface area contributed by atoms with Crippen molar-refractivity contribution in [2.24, 2.45) is 4.99 Å². The lowest BCUT2D eigenvalue weighted by Crippen LogP contribution is -2.38. The molecule has 0 aliphatic heterocycles. The van der Waals surface area contributed by atoms with Gasteiger partial charge in [-0.1, -0.05) is 35.9 Å². The summed E-state index contributed by atoms with van der Waals surface area (Å²) in [7, 11) is 1.57. The lowest BCUT2D eigenvalue weighted by molar-refractivity contribution is 0.476. The molecule has 0 saturated carbocycles. The zero-order valence-electron chi connectivity index (χ0n) is 15.4. The van der Waals surface area contributed by atoms with Crippen LogP contribution in [0.2, 0.25) is 5.02 Å². The number of benzene rings is 2. The summed E-state index contributed by atoms with van der Waals surface area (Å²) in [6.45, 7) is 1.11. The van der Waals surface area contributed by atoms with Crippen LogP contribution < -0.4 is 10.0 Å². The van der Waals surface area contributed by atoms with Gasteiger partial charge in [-0.3, -0.25) is 4.99 Å². The minimum atomic E-state index is -3.46. The highest BCUT2D eigenvalue weighted by Crippen LogP contribution is 2.13. The van der Waals surface area contributed by atoms with Crippen LogP contribution in [-0.4, -0.2) is 40.4 Å². The molecule has 0 aliphatic rings. The molecular weight excluding hydrogens is 499 g/mol. The number of nitrogens with one attached hydrogen (secondary N) is 2. The summed E-state index contributed by atoms with van der Waals surface area (Å²) in [5, 5.41) is 3.94. The largest absolute Gasteiger partial charge is 0.352 e. The number of hydrogen-bond donors (Lipinski definition) is 2. The summed E-state index contributed by atoms with van der Waals surface area (Å²) in [5.74, 6) is 0.701. The smallest absolute Gasteiger partial charge is 0.240 e. The second kappa shape index (κ2) is 10.8. The average molecular weight is 523 g/mol. The van der Waals surface area contributed by atoms with Crippen LogP contribution in [0.3, 0.4) is 0 Å². The van der Waals surface area contributed by atoms with E-state index in [1.165, 1.54) is 7.05 Å². The zero-order valence-corrected chi connectivity index (χ0v) is 19.3. The Balaban J connectivity index is 0.00000364. The van der Waals surface area contributed by atoms with Gasteiger partial charge in [0.15, 0.2) is 5.96 Å². The van der Waals surface area contributed by atoms with Crippen LogP contribution in [0.1, 0.15) is 11.1 Å². The van der Waals surface area contributed by atoms with Crippen molar-refractivity contribution in [1.82, 2.24) is 14.9 Å². The van der Waals surface area contributed by atoms with Crippen LogP contribution in [0.25, 0.3) is 0 Å². The van der Waals surface area contributed by atoms with E-state index < -0.39 is 10.0 Å². The number of nitrogens with zero attached hydrogens (tertiary/aromatic N) is 2. The molecule has 6 nitrogen and oxygen atoms in total. The van der Waals surface area contributed by atoms with E-state index in [0.717, 1.165) is 11.1 Å². The fraction of sp³-hybridized carbons (Fsp3) is 0.278. The Morgan fingerprint density at radius 1 is 1.15 bits per heavy atom. The molecule has 9 heteroatoms. The standard InChI is InChI=1S/C18H23ClN4O2S.HI/c1-20-18(23(3)13-15-7-4-8-16(19)10-15)22-12-14-6-5-9-17(11-14)26(24,25)21-2;/h4-11,21H,12-13H2,1-3H3,(H,20,22);1H. The second-order valence-electron chi connectivity index (χ2n) is 5.74. The van der Waals surface area contributed by atoms with E-state index in [-0.39, 0.29) is 28.9 Å². The molecule has 2 rings (SSSR count). The number of guanidine groups is 1. The van der Waals surface area contributed by atoms with Gasteiger partial charge in [-0.05, 0) is 42.4 Å². The highest BCUT2D eigenvalue weighted by Gasteiger charge is 2.12. The van der Waals surface area contributed by atoms with Gasteiger partial charge in [0, 0.05) is 32.2 Å². The zero-order chi connectivity index (χ0) is 19.2. The molecule has 2 aromatic rings. The molecule has 0 heterocycles. The van der Waals surface area contributed by atoms with Gasteiger partial charge in [-0.2, -0.15) is 0 Å². The molecule has 0 atom stereocenters. The summed E-state index contributed by atoms with van der Waals surface area (Å²) in [6.07, 6.45) is 0. The van der Waals surface area contributed by atoms with Crippen molar-refractivity contribution in [2.45, 2.75) is 18.0 Å². The van der Waals surface area contributed by atoms with Gasteiger partial charge in [0.05, 0.1) is 4.90 Å². The van der Waals surface area contributed by atoms with Crippen LogP contribution >= 0.6 is 35.6 Å². The van der Waals surface area contributed by atoms with Crippen molar-refractivity contribution in [3.8, 4) is 0 Å². The lowest BCUT2D eigenvalue weighted by atomic mass is 10.2. The molecule has 27 heavy (non-hydrogen) atoms. The fourth-order valence-electron chi connectivity index (χ4n) is 2.49. The van der Waals surface area contributed by atoms with Crippen molar-refractivity contribution in [1.29, 1.82) is 0 Å². The van der Waals surface area contributed by atoms with Crippen molar-refractivity contribution >= 4 is 51.6 Å². The molecule has 0 amide bonds. The van der Waals surface area contributed by atoms with E-state index in [1.807, 2.05) is 42.3 Å². The second-order valence-corrected chi connectivity index (χ2v) is 8.06. The van der Waals surface area contributed by atoms with E-state index >= 15 is 0 Å². The Kier molecular flexibility index (Phi) is 9.51. The third-order valence-electron chi connectivity index (χ3n) is 3.81. The quantitative estimate of drug-likeness (QED) is 0.347. The van der Waals surface area contributed by atoms with Crippen molar-refractivity contribution in [3.05, 3.63) is 64.7 Å². The molecule has 0 fully saturated rings. The highest BCUT2D eigenvalue weighted by molar-refractivity contribution is 14.0. The molecule has 148 valence electrons. The normalized spacial score (nSPS) is 11.6. The summed E-state index contributed by atoms with van der Waals surface area (Å²) in [5.41, 5.74) is 1.92. The number of hydrogen-bond acceptors (Lipinski definition) is 3. The molecule has 0 radical (unpaired) electrons. The van der Waals surface area contributed by atoms with Crippen molar-refractivity contribution < 1.29 is 8.42 Å². The lowest BCUT2D eigenvalue weighted by Gasteiger charge is -2.22. The number of sulfonamides is 1. The van der Waals surface area contributed by atoms with Crippen molar-refractivity contribution in [2.75, 3.05) is 21.1 Å². The van der Waals surface area contributed by atoms with Crippen LogP contribution in [0.15, 0.2) is 58.4 Å². The van der Waals surface area contributed by atoms with Gasteiger partial charge in [-0.25, -0.2) is 13.1 Å². The SMILES string of the molecule is CN=C(NCc1cccc(S(=O)(=O)NC)c1)N(C)Cc1cccc(Cl)c1.I. The van der Waals surface area contributed by atoms with E-state index in [9.17, 15) is 8.42 Å². The highest BCUT2D eigenvalue weighted by atomic mass is 127. The van der Waals surface area contributed by atoms with E-state index in [1.54, 1.807) is 25.2 Å². The Morgan fingerprint density at radius 3 is 2.44 bits per heavy atom. The van der Waals surface area contributed by atoms with Gasteiger partial charge >= 0.3 is 0 Å². The Hall–Kier alpha value is -1.36. The summed E-state index contributed by atoms with van der Waals surface area (Å²) in [6, 6.07) is 14.5. The Labute approximate surface area is 183 Å². The third kappa shape index (κ3) is 6.95. The first-order valence-electron chi connectivity index (χ1n) is 8.04. The summed E-state index contributed by atoms with van der Waals surface area (Å²) < 4.78 is 26.1. The maximum absolute atomic E-state index is 11.9. The third-order valence-corrected chi connectivity index (χ3v) is 5.46. The monoisotopic (exact) mass is 522 g/mol. The van der Waals surface area contributed by atoms with E-state index in [4.69, 9.17) is 11.6 Å². The molecule has 0 aromatic heterocycles. The van der Waals surface area contributed by atoms with Crippen LogP contribution in [0.4, 0.5) is 0 Å². The number of aliphatic imine (C=N–C) groups is 1. The van der Waals surface area contributed by atoms with Crippen LogP contribution in [0.5, 0.6) is 0 Å². The van der Waals surface area contributed by atoms with Crippen LogP contribution in [-0.2, 0) is 23.1 Å². The first-order valence-corrected chi connectivity index (χ1v) is 9.90. The van der Waals surface area contributed by atoms with Gasteiger partial charge in [-0.15, -0.1) is 24.0 Å². The predicted molar refractivity (Wildman–Crippen MR) is 121 cm³/mol. The summed E-state index contributed by atoms with van der Waals surface area (Å²) >= 11 is 6.03. The molecule has 0 saturated heterocycles. The van der Waals surface area contributed by atoms with E-state index in [2.05, 4.69) is 15.0 Å². The van der Waals surface area contributed by atoms with Gasteiger partial charge in [0.1, 0.15) is 0 Å². The Bertz CT molecular complexity index is 890. The first-order chi connectivity index (χ1) is 12.4. The fourth-order valence-corrected chi connectivity index (χ4v) is 3.50. The first kappa shape index (κ1) is 23.7. The molecule has 0 spiro atoms. The van der Waals surface area contributed by atoms with Gasteiger partial charge in [0.25, 0.3) is 0 Å². The van der Waals surface area contributed by atoms with E-state index in [0.29, 0.717) is 24.1 Å². The molecule has 0 unspecified atom stereocenters. The predicted octanol–water partition coefficient (Wildman–Crippen LogP) is 3.07. The minimum absolute atomic E-state index is 0. The van der Waals surface area contributed by atoms with Crippen molar-refractivity contribution in [3.63, 3.8) is 0 Å². The molecule has 2 N–H and O–H groups in total. The van der Waals surface area contributed by atoms with Gasteiger partial charge in [0.2, 0.25) is 10.0 Å². The molecule has 0 bridgehead atoms. The maximum atomic E-state index is 11.9. The van der Waals surface area contributed by atoms with Crippen LogP contribution in [0, 0.1) is 0 Å². The molecule has 0 aliphatic carbocycles. The Morgan fingerprint density at radius 2 is 1.81 bits per heavy atom.